The molecule has 0 spiro atoms. The van der Waals surface area contributed by atoms with Crippen LogP contribution in [-0.2, 0) is 14.3 Å². The van der Waals surface area contributed by atoms with Crippen LogP contribution in [0.1, 0.15) is 85.5 Å². The highest BCUT2D eigenvalue weighted by Crippen LogP contribution is 2.73. The molecule has 5 unspecified atom stereocenters. The van der Waals surface area contributed by atoms with Crippen LogP contribution in [0.4, 0.5) is 0 Å². The third-order valence-corrected chi connectivity index (χ3v) is 10.7. The van der Waals surface area contributed by atoms with Crippen molar-refractivity contribution >= 4 is 11.8 Å². The molecule has 0 aromatic carbocycles. The zero-order chi connectivity index (χ0) is 21.3. The molecule has 3 saturated carbocycles. The molecule has 0 saturated heterocycles. The molecular weight excluding hydrogens is 372 g/mol. The predicted octanol–water partition coefficient (Wildman–Crippen LogP) is 6.03. The minimum Gasteiger partial charge on any atom is -0.462 e. The Kier molecular flexibility index (Phi) is 4.66. The van der Waals surface area contributed by atoms with E-state index in [1.165, 1.54) is 26.2 Å². The Morgan fingerprint density at radius 3 is 2.57 bits per heavy atom. The van der Waals surface area contributed by atoms with E-state index in [4.69, 9.17) is 4.74 Å². The van der Waals surface area contributed by atoms with Crippen LogP contribution in [0.5, 0.6) is 0 Å². The second kappa shape index (κ2) is 6.81. The first-order chi connectivity index (χ1) is 14.2. The van der Waals surface area contributed by atoms with Crippen molar-refractivity contribution in [3.05, 3.63) is 23.8 Å². The number of hydrogen-bond donors (Lipinski definition) is 0. The molecule has 3 heteroatoms. The van der Waals surface area contributed by atoms with Crippen molar-refractivity contribution in [3.63, 3.8) is 0 Å². The summed E-state index contributed by atoms with van der Waals surface area (Å²) in [6, 6.07) is 0. The van der Waals surface area contributed by atoms with Gasteiger partial charge in [-0.15, -0.1) is 0 Å². The van der Waals surface area contributed by atoms with Crippen molar-refractivity contribution < 1.29 is 14.3 Å². The SMILES string of the molecule is CC(=O)O[C@@H]1CC[C@@]2(C)C(=CCC3C2CC[C@@]2(C)C3CC3CC=CCC32C(C)=O)C1. The average Bonchev–Trinajstić information content (AvgIpc) is 2.98. The van der Waals surface area contributed by atoms with Crippen molar-refractivity contribution in [1.82, 2.24) is 0 Å². The number of esters is 1. The summed E-state index contributed by atoms with van der Waals surface area (Å²) in [7, 11) is 0. The van der Waals surface area contributed by atoms with Gasteiger partial charge in [0.05, 0.1) is 0 Å². The van der Waals surface area contributed by atoms with Crippen molar-refractivity contribution in [2.75, 3.05) is 0 Å². The Hall–Kier alpha value is -1.38. The Morgan fingerprint density at radius 1 is 1.03 bits per heavy atom. The topological polar surface area (TPSA) is 43.4 Å². The van der Waals surface area contributed by atoms with Gasteiger partial charge in [-0.25, -0.2) is 0 Å². The van der Waals surface area contributed by atoms with Gasteiger partial charge in [-0.2, -0.15) is 0 Å². The molecule has 164 valence electrons. The number of carbonyl (C=O) groups is 2. The molecule has 5 aliphatic rings. The van der Waals surface area contributed by atoms with Gasteiger partial charge < -0.3 is 4.74 Å². The first-order valence-corrected chi connectivity index (χ1v) is 12.2. The van der Waals surface area contributed by atoms with Crippen LogP contribution in [-0.4, -0.2) is 17.9 Å². The number of rotatable bonds is 2. The van der Waals surface area contributed by atoms with Gasteiger partial charge in [0.1, 0.15) is 11.9 Å². The summed E-state index contributed by atoms with van der Waals surface area (Å²) >= 11 is 0. The second-order valence-electron chi connectivity index (χ2n) is 11.6. The van der Waals surface area contributed by atoms with E-state index in [2.05, 4.69) is 32.1 Å². The predicted molar refractivity (Wildman–Crippen MR) is 118 cm³/mol. The number of ether oxygens (including phenoxy) is 1. The van der Waals surface area contributed by atoms with Crippen molar-refractivity contribution in [2.45, 2.75) is 91.6 Å². The van der Waals surface area contributed by atoms with Crippen LogP contribution in [0.2, 0.25) is 0 Å². The lowest BCUT2D eigenvalue weighted by Crippen LogP contribution is -2.55. The van der Waals surface area contributed by atoms with Crippen molar-refractivity contribution in [3.8, 4) is 0 Å². The first-order valence-electron chi connectivity index (χ1n) is 12.2. The second-order valence-corrected chi connectivity index (χ2v) is 11.6. The zero-order valence-electron chi connectivity index (χ0n) is 19.2. The van der Waals surface area contributed by atoms with Gasteiger partial charge in [0.2, 0.25) is 0 Å². The molecule has 0 aliphatic heterocycles. The summed E-state index contributed by atoms with van der Waals surface area (Å²) < 4.78 is 5.59. The maximum absolute atomic E-state index is 13.2. The normalized spacial score (nSPS) is 49.2. The number of hydrogen-bond acceptors (Lipinski definition) is 3. The van der Waals surface area contributed by atoms with Gasteiger partial charge in [-0.05, 0) is 92.8 Å². The molecule has 3 fully saturated rings. The summed E-state index contributed by atoms with van der Waals surface area (Å²) in [5, 5.41) is 0. The molecule has 0 heterocycles. The lowest BCUT2D eigenvalue weighted by Gasteiger charge is -2.60. The smallest absolute Gasteiger partial charge is 0.302 e. The summed E-state index contributed by atoms with van der Waals surface area (Å²) in [4.78, 5) is 24.6. The lowest BCUT2D eigenvalue weighted by molar-refractivity contribution is -0.150. The third-order valence-electron chi connectivity index (χ3n) is 10.7. The fourth-order valence-electron chi connectivity index (χ4n) is 9.31. The monoisotopic (exact) mass is 410 g/mol. The van der Waals surface area contributed by atoms with E-state index in [1.54, 1.807) is 5.57 Å². The first kappa shape index (κ1) is 20.5. The van der Waals surface area contributed by atoms with Gasteiger partial charge in [0.15, 0.2) is 0 Å². The minimum atomic E-state index is -0.150. The Balaban J connectivity index is 1.47. The molecule has 0 aromatic rings. The fourth-order valence-corrected chi connectivity index (χ4v) is 9.31. The molecule has 0 amide bonds. The highest BCUT2D eigenvalue weighted by atomic mass is 16.5. The van der Waals surface area contributed by atoms with E-state index in [1.807, 2.05) is 6.92 Å². The molecule has 0 aromatic heterocycles. The zero-order valence-corrected chi connectivity index (χ0v) is 19.2. The molecular formula is C27H38O3. The van der Waals surface area contributed by atoms with Crippen LogP contribution in [0.25, 0.3) is 0 Å². The van der Waals surface area contributed by atoms with Crippen molar-refractivity contribution in [1.29, 1.82) is 0 Å². The van der Waals surface area contributed by atoms with Gasteiger partial charge >= 0.3 is 5.97 Å². The number of fused-ring (bicyclic) bond motifs is 7. The van der Waals surface area contributed by atoms with Crippen molar-refractivity contribution in [2.24, 2.45) is 39.9 Å². The Bertz CT molecular complexity index is 824. The van der Waals surface area contributed by atoms with Gasteiger partial charge in [0.25, 0.3) is 0 Å². The van der Waals surface area contributed by atoms with E-state index >= 15 is 0 Å². The standard InChI is InChI=1S/C27H38O3/c1-17(28)27-12-6-5-7-20(27)16-24-22-9-8-19-15-21(30-18(2)29)10-13-25(19,3)23(22)11-14-26(24,27)4/h5-6,8,20-24H,7,9-16H2,1-4H3/t20?,21-,22?,23?,24?,25+,26+,27?/m1/s1. The van der Waals surface area contributed by atoms with Crippen LogP contribution < -0.4 is 0 Å². The largest absolute Gasteiger partial charge is 0.462 e. The third kappa shape index (κ3) is 2.56. The molecule has 0 bridgehead atoms. The van der Waals surface area contributed by atoms with E-state index in [-0.39, 0.29) is 28.3 Å². The Labute approximate surface area is 181 Å². The summed E-state index contributed by atoms with van der Waals surface area (Å²) in [5.74, 6) is 2.90. The minimum absolute atomic E-state index is 0.0636. The number of allylic oxidation sites excluding steroid dienone is 3. The van der Waals surface area contributed by atoms with Gasteiger partial charge in [-0.1, -0.05) is 37.6 Å². The van der Waals surface area contributed by atoms with Gasteiger partial charge in [-0.3, -0.25) is 9.59 Å². The quantitative estimate of drug-likeness (QED) is 0.412. The van der Waals surface area contributed by atoms with E-state index in [0.29, 0.717) is 29.5 Å². The van der Waals surface area contributed by atoms with E-state index < -0.39 is 0 Å². The molecule has 8 atom stereocenters. The molecule has 5 aliphatic carbocycles. The number of ketones is 1. The van der Waals surface area contributed by atoms with Gasteiger partial charge in [0, 0.05) is 18.8 Å². The highest BCUT2D eigenvalue weighted by molar-refractivity contribution is 5.85. The van der Waals surface area contributed by atoms with Crippen LogP contribution in [0, 0.1) is 39.9 Å². The number of Topliss-reactive ketones (excluding diaryl/α,β-unsaturated/α-hetero) is 1. The molecule has 5 rings (SSSR count). The summed E-state index contributed by atoms with van der Waals surface area (Å²) in [6.07, 6.45) is 17.1. The summed E-state index contributed by atoms with van der Waals surface area (Å²) in [5.41, 5.74) is 1.81. The average molecular weight is 411 g/mol. The van der Waals surface area contributed by atoms with Crippen LogP contribution >= 0.6 is 0 Å². The molecule has 0 N–H and O–H groups in total. The maximum Gasteiger partial charge on any atom is 0.302 e. The van der Waals surface area contributed by atoms with E-state index in [0.717, 1.165) is 38.5 Å². The molecule has 0 radical (unpaired) electrons. The van der Waals surface area contributed by atoms with E-state index in [9.17, 15) is 9.59 Å². The molecule has 30 heavy (non-hydrogen) atoms. The van der Waals surface area contributed by atoms with Crippen LogP contribution in [0.3, 0.4) is 0 Å². The highest BCUT2D eigenvalue weighted by Gasteiger charge is 2.68. The molecule has 3 nitrogen and oxygen atoms in total. The maximum atomic E-state index is 13.2. The fraction of sp³-hybridized carbons (Fsp3) is 0.778. The van der Waals surface area contributed by atoms with Crippen LogP contribution in [0.15, 0.2) is 23.8 Å². The number of carbonyl (C=O) groups excluding carboxylic acids is 2. The summed E-state index contributed by atoms with van der Waals surface area (Å²) in [6.45, 7) is 8.38. The lowest BCUT2D eigenvalue weighted by atomic mass is 9.44. The Morgan fingerprint density at radius 2 is 1.83 bits per heavy atom.